The topological polar surface area (TPSA) is 75.0 Å². The molecule has 2 rings (SSSR count). The Labute approximate surface area is 102 Å². The molecule has 0 radical (unpaired) electrons. The quantitative estimate of drug-likeness (QED) is 0.895. The Bertz CT molecular complexity index is 578. The molecule has 2 aromatic rings. The number of halogens is 1. The summed E-state index contributed by atoms with van der Waals surface area (Å²) in [6, 6.07) is 1.82. The fraction of sp³-hybridized carbons (Fsp3) is 0.300. The van der Waals surface area contributed by atoms with Crippen molar-refractivity contribution in [3.8, 4) is 0 Å². The first-order valence-electron chi connectivity index (χ1n) is 4.94. The molecule has 0 amide bonds. The summed E-state index contributed by atoms with van der Waals surface area (Å²) in [5, 5.41) is 3.92. The first-order valence-corrected chi connectivity index (χ1v) is 5.32. The molecule has 90 valence electrons. The Kier molecular flexibility index (Phi) is 3.14. The van der Waals surface area contributed by atoms with Crippen LogP contribution in [0.3, 0.4) is 0 Å². The number of aryl methyl sites for hydroxylation is 1. The van der Waals surface area contributed by atoms with Crippen molar-refractivity contribution in [3.63, 3.8) is 0 Å². The SMILES string of the molecule is Cc1cc(CN(C)c2nc[nH]c(=O)c2Cl)no1. The Morgan fingerprint density at radius 1 is 1.59 bits per heavy atom. The normalized spacial score (nSPS) is 10.5. The predicted molar refractivity (Wildman–Crippen MR) is 63.2 cm³/mol. The maximum absolute atomic E-state index is 11.3. The van der Waals surface area contributed by atoms with E-state index in [1.165, 1.54) is 6.33 Å². The molecule has 1 N–H and O–H groups in total. The van der Waals surface area contributed by atoms with Gasteiger partial charge in [0.05, 0.1) is 12.9 Å². The molecule has 17 heavy (non-hydrogen) atoms. The molecule has 7 heteroatoms. The van der Waals surface area contributed by atoms with Crippen LogP contribution in [0.15, 0.2) is 21.7 Å². The Balaban J connectivity index is 2.23. The number of rotatable bonds is 3. The van der Waals surface area contributed by atoms with Gasteiger partial charge in [-0.3, -0.25) is 4.79 Å². The summed E-state index contributed by atoms with van der Waals surface area (Å²) in [6.45, 7) is 2.28. The molecule has 0 saturated carbocycles. The molecule has 6 nitrogen and oxygen atoms in total. The average Bonchev–Trinajstić information content (AvgIpc) is 2.68. The zero-order valence-electron chi connectivity index (χ0n) is 9.40. The van der Waals surface area contributed by atoms with Crippen molar-refractivity contribution in [1.29, 1.82) is 0 Å². The zero-order chi connectivity index (χ0) is 12.4. The summed E-state index contributed by atoms with van der Waals surface area (Å²) in [7, 11) is 1.78. The zero-order valence-corrected chi connectivity index (χ0v) is 10.2. The van der Waals surface area contributed by atoms with Crippen molar-refractivity contribution in [1.82, 2.24) is 15.1 Å². The van der Waals surface area contributed by atoms with Gasteiger partial charge in [0.25, 0.3) is 5.56 Å². The fourth-order valence-electron chi connectivity index (χ4n) is 1.45. The largest absolute Gasteiger partial charge is 0.361 e. The molecular weight excluding hydrogens is 244 g/mol. The van der Waals surface area contributed by atoms with Crippen LogP contribution in [0.5, 0.6) is 0 Å². The second-order valence-electron chi connectivity index (χ2n) is 3.65. The number of nitrogens with one attached hydrogen (secondary N) is 1. The highest BCUT2D eigenvalue weighted by atomic mass is 35.5. The van der Waals surface area contributed by atoms with Gasteiger partial charge in [-0.15, -0.1) is 0 Å². The smallest absolute Gasteiger partial charge is 0.271 e. The number of H-pyrrole nitrogens is 1. The second kappa shape index (κ2) is 4.58. The number of hydrogen-bond acceptors (Lipinski definition) is 5. The number of aromatic nitrogens is 3. The summed E-state index contributed by atoms with van der Waals surface area (Å²) >= 11 is 5.87. The van der Waals surface area contributed by atoms with Crippen LogP contribution in [0, 0.1) is 6.92 Å². The van der Waals surface area contributed by atoms with E-state index in [0.717, 1.165) is 11.5 Å². The number of hydrogen-bond donors (Lipinski definition) is 1. The monoisotopic (exact) mass is 254 g/mol. The van der Waals surface area contributed by atoms with Crippen LogP contribution in [0.1, 0.15) is 11.5 Å². The van der Waals surface area contributed by atoms with Crippen molar-refractivity contribution < 1.29 is 4.52 Å². The van der Waals surface area contributed by atoms with Gasteiger partial charge in [-0.2, -0.15) is 0 Å². The first kappa shape index (κ1) is 11.7. The highest BCUT2D eigenvalue weighted by molar-refractivity contribution is 6.32. The number of nitrogens with zero attached hydrogens (tertiary/aromatic N) is 3. The lowest BCUT2D eigenvalue weighted by Crippen LogP contribution is -2.21. The van der Waals surface area contributed by atoms with E-state index >= 15 is 0 Å². The maximum atomic E-state index is 11.3. The van der Waals surface area contributed by atoms with Gasteiger partial charge in [-0.25, -0.2) is 4.98 Å². The standard InChI is InChI=1S/C10H11ClN4O2/c1-6-3-7(14-17-6)4-15(2)9-8(11)10(16)13-5-12-9/h3,5H,4H2,1-2H3,(H,12,13,16). The summed E-state index contributed by atoms with van der Waals surface area (Å²) in [6.07, 6.45) is 1.31. The van der Waals surface area contributed by atoms with E-state index in [-0.39, 0.29) is 10.6 Å². The van der Waals surface area contributed by atoms with Crippen molar-refractivity contribution in [3.05, 3.63) is 39.2 Å². The van der Waals surface area contributed by atoms with E-state index < -0.39 is 0 Å². The third kappa shape index (κ3) is 2.47. The lowest BCUT2D eigenvalue weighted by Gasteiger charge is -2.16. The van der Waals surface area contributed by atoms with Crippen LogP contribution < -0.4 is 10.5 Å². The van der Waals surface area contributed by atoms with Crippen molar-refractivity contribution >= 4 is 17.4 Å². The molecule has 0 saturated heterocycles. The maximum Gasteiger partial charge on any atom is 0.271 e. The van der Waals surface area contributed by atoms with Crippen LogP contribution >= 0.6 is 11.6 Å². The summed E-state index contributed by atoms with van der Waals surface area (Å²) in [5.74, 6) is 1.15. The molecule has 0 atom stereocenters. The van der Waals surface area contributed by atoms with Crippen LogP contribution in [-0.4, -0.2) is 22.2 Å². The second-order valence-corrected chi connectivity index (χ2v) is 4.03. The van der Waals surface area contributed by atoms with Crippen LogP contribution in [0.25, 0.3) is 0 Å². The molecule has 0 aliphatic rings. The summed E-state index contributed by atoms with van der Waals surface area (Å²) in [4.78, 5) is 19.5. The highest BCUT2D eigenvalue weighted by Crippen LogP contribution is 2.18. The Hall–Kier alpha value is -1.82. The van der Waals surface area contributed by atoms with E-state index in [2.05, 4.69) is 15.1 Å². The van der Waals surface area contributed by atoms with Crippen molar-refractivity contribution in [2.24, 2.45) is 0 Å². The Morgan fingerprint density at radius 2 is 2.35 bits per heavy atom. The molecule has 2 heterocycles. The van der Waals surface area contributed by atoms with Crippen LogP contribution in [0.4, 0.5) is 5.82 Å². The molecule has 0 fully saturated rings. The van der Waals surface area contributed by atoms with E-state index in [0.29, 0.717) is 12.4 Å². The van der Waals surface area contributed by atoms with Crippen molar-refractivity contribution in [2.75, 3.05) is 11.9 Å². The number of anilines is 1. The predicted octanol–water partition coefficient (Wildman–Crippen LogP) is 1.36. The highest BCUT2D eigenvalue weighted by Gasteiger charge is 2.12. The molecule has 0 spiro atoms. The molecule has 0 unspecified atom stereocenters. The molecule has 0 aliphatic carbocycles. The fourth-order valence-corrected chi connectivity index (χ4v) is 1.70. The van der Waals surface area contributed by atoms with Gasteiger partial charge in [0.1, 0.15) is 16.5 Å². The minimum Gasteiger partial charge on any atom is -0.361 e. The third-order valence-corrected chi connectivity index (χ3v) is 2.56. The van der Waals surface area contributed by atoms with E-state index in [1.807, 2.05) is 13.0 Å². The lowest BCUT2D eigenvalue weighted by atomic mass is 10.3. The molecule has 0 aliphatic heterocycles. The van der Waals surface area contributed by atoms with Crippen LogP contribution in [0.2, 0.25) is 5.02 Å². The molecular formula is C10H11ClN4O2. The van der Waals surface area contributed by atoms with E-state index in [9.17, 15) is 4.79 Å². The Morgan fingerprint density at radius 3 is 3.00 bits per heavy atom. The average molecular weight is 255 g/mol. The number of aromatic amines is 1. The minimum atomic E-state index is -0.361. The van der Waals surface area contributed by atoms with E-state index in [1.54, 1.807) is 11.9 Å². The minimum absolute atomic E-state index is 0.0650. The summed E-state index contributed by atoms with van der Waals surface area (Å²) in [5.41, 5.74) is 0.392. The first-order chi connectivity index (χ1) is 8.08. The third-order valence-electron chi connectivity index (χ3n) is 2.22. The van der Waals surface area contributed by atoms with Gasteiger partial charge in [0, 0.05) is 13.1 Å². The van der Waals surface area contributed by atoms with Gasteiger partial charge < -0.3 is 14.4 Å². The lowest BCUT2D eigenvalue weighted by molar-refractivity contribution is 0.390. The van der Waals surface area contributed by atoms with Gasteiger partial charge in [-0.05, 0) is 6.92 Å². The van der Waals surface area contributed by atoms with Crippen molar-refractivity contribution in [2.45, 2.75) is 13.5 Å². The summed E-state index contributed by atoms with van der Waals surface area (Å²) < 4.78 is 4.96. The molecule has 0 aromatic carbocycles. The van der Waals surface area contributed by atoms with Gasteiger partial charge in [0.15, 0.2) is 5.82 Å². The van der Waals surface area contributed by atoms with Crippen LogP contribution in [-0.2, 0) is 6.54 Å². The van der Waals surface area contributed by atoms with Gasteiger partial charge in [-0.1, -0.05) is 16.8 Å². The molecule has 0 bridgehead atoms. The van der Waals surface area contributed by atoms with Gasteiger partial charge >= 0.3 is 0 Å². The van der Waals surface area contributed by atoms with E-state index in [4.69, 9.17) is 16.1 Å². The molecule has 2 aromatic heterocycles. The van der Waals surface area contributed by atoms with Gasteiger partial charge in [0.2, 0.25) is 0 Å².